The molecular formula is C18H21NO3. The lowest BCUT2D eigenvalue weighted by Gasteiger charge is -2.57. The Morgan fingerprint density at radius 2 is 2.55 bits per heavy atom. The summed E-state index contributed by atoms with van der Waals surface area (Å²) in [7, 11) is -2.87. The lowest BCUT2D eigenvalue weighted by molar-refractivity contribution is -0.138. The highest BCUT2D eigenvalue weighted by molar-refractivity contribution is 5.89. The maximum absolute atomic E-state index is 13.2. The maximum atomic E-state index is 13.2. The molecule has 0 N–H and O–H groups in total. The number of carbonyl (C=O) groups excluding carboxylic acids is 1. The SMILES string of the molecule is [2H]C([2H])([2H])Oc1ccc2c3c1OC1C(=O)C([2H])([2H])C[C@@H]4[C@@]31CCN(C([2H])([2H])[2H])[C@]4([2H])C2([2H])[2H]. The van der Waals surface area contributed by atoms with Crippen LogP contribution in [0.25, 0.3) is 0 Å². The van der Waals surface area contributed by atoms with E-state index >= 15 is 0 Å². The number of rotatable bonds is 1. The maximum Gasteiger partial charge on any atom is 0.174 e. The lowest BCUT2D eigenvalue weighted by Crippen LogP contribution is -2.65. The minimum atomic E-state index is -2.87. The number of likely N-dealkylation sites (tertiary alicyclic amines) is 1. The molecule has 1 aromatic carbocycles. The predicted molar refractivity (Wildman–Crippen MR) is 81.6 cm³/mol. The largest absolute Gasteiger partial charge is 0.493 e. The van der Waals surface area contributed by atoms with Crippen LogP contribution in [0.5, 0.6) is 11.5 Å². The Morgan fingerprint density at radius 1 is 1.59 bits per heavy atom. The molecule has 2 aliphatic heterocycles. The molecule has 2 heterocycles. The molecule has 116 valence electrons. The summed E-state index contributed by atoms with van der Waals surface area (Å²) in [5, 5.41) is 0. The van der Waals surface area contributed by atoms with Gasteiger partial charge in [0.25, 0.3) is 0 Å². The first kappa shape index (κ1) is 6.16. The molecule has 1 aromatic rings. The molecule has 1 spiro atoms. The first-order valence-corrected chi connectivity index (χ1v) is 7.25. The molecule has 0 aromatic heterocycles. The van der Waals surface area contributed by atoms with Gasteiger partial charge in [-0.2, -0.15) is 0 Å². The van der Waals surface area contributed by atoms with Gasteiger partial charge in [-0.3, -0.25) is 4.79 Å². The minimum absolute atomic E-state index is 0.00350. The molecule has 4 heteroatoms. The van der Waals surface area contributed by atoms with E-state index in [0.717, 1.165) is 4.90 Å². The molecular weight excluding hydrogens is 278 g/mol. The molecule has 1 unspecified atom stereocenters. The molecule has 0 amide bonds. The quantitative estimate of drug-likeness (QED) is 0.794. The summed E-state index contributed by atoms with van der Waals surface area (Å²) in [4.78, 5) is 14.0. The summed E-state index contributed by atoms with van der Waals surface area (Å²) >= 11 is 0. The summed E-state index contributed by atoms with van der Waals surface area (Å²) in [5.41, 5.74) is -1.27. The normalized spacial score (nSPS) is 54.9. The lowest BCUT2D eigenvalue weighted by atomic mass is 9.52. The zero-order chi connectivity index (χ0) is 24.6. The van der Waals surface area contributed by atoms with Gasteiger partial charge in [0.2, 0.25) is 0 Å². The second-order valence-electron chi connectivity index (χ2n) is 6.17. The van der Waals surface area contributed by atoms with E-state index in [9.17, 15) is 6.17 Å². The summed E-state index contributed by atoms with van der Waals surface area (Å²) in [5.74, 6) is -2.55. The van der Waals surface area contributed by atoms with Crippen molar-refractivity contribution in [3.8, 4) is 11.5 Å². The fourth-order valence-electron chi connectivity index (χ4n) is 4.47. The predicted octanol–water partition coefficient (Wildman–Crippen LogP) is 1.93. The fourth-order valence-corrected chi connectivity index (χ4v) is 4.47. The van der Waals surface area contributed by atoms with Crippen molar-refractivity contribution < 1.29 is 29.3 Å². The van der Waals surface area contributed by atoms with Crippen LogP contribution in [0, 0.1) is 5.92 Å². The van der Waals surface area contributed by atoms with Gasteiger partial charge in [0.05, 0.1) is 11.2 Å². The molecule has 0 radical (unpaired) electrons. The van der Waals surface area contributed by atoms with Crippen LogP contribution in [0.3, 0.4) is 0 Å². The summed E-state index contributed by atoms with van der Waals surface area (Å²) in [6, 6.07) is -0.0125. The number of hydrogen-bond acceptors (Lipinski definition) is 4. The van der Waals surface area contributed by atoms with Gasteiger partial charge in [-0.05, 0) is 50.3 Å². The highest BCUT2D eigenvalue weighted by atomic mass is 16.5. The second kappa shape index (κ2) is 4.05. The van der Waals surface area contributed by atoms with Crippen molar-refractivity contribution in [1.82, 2.24) is 4.90 Å². The van der Waals surface area contributed by atoms with Gasteiger partial charge in [-0.1, -0.05) is 6.07 Å². The van der Waals surface area contributed by atoms with Crippen LogP contribution in [0.15, 0.2) is 12.1 Å². The Labute approximate surface area is 145 Å². The molecule has 1 saturated heterocycles. The highest BCUT2D eigenvalue weighted by Crippen LogP contribution is 2.62. The van der Waals surface area contributed by atoms with Gasteiger partial charge >= 0.3 is 0 Å². The molecule has 4 nitrogen and oxygen atoms in total. The van der Waals surface area contributed by atoms with Gasteiger partial charge in [-0.25, -0.2) is 0 Å². The van der Waals surface area contributed by atoms with Gasteiger partial charge in [0.1, 0.15) is 0 Å². The number of hydrogen-bond donors (Lipinski definition) is 0. The fraction of sp³-hybridized carbons (Fsp3) is 0.611. The molecule has 4 atom stereocenters. The van der Waals surface area contributed by atoms with Crippen molar-refractivity contribution in [1.29, 1.82) is 0 Å². The van der Waals surface area contributed by atoms with E-state index < -0.39 is 62.4 Å². The second-order valence-corrected chi connectivity index (χ2v) is 6.17. The first-order chi connectivity index (χ1) is 14.9. The van der Waals surface area contributed by atoms with E-state index in [0.29, 0.717) is 0 Å². The monoisotopic (exact) mass is 310 g/mol. The number of likely N-dealkylation sites (N-methyl/N-ethyl adjacent to an activating group) is 1. The number of ketones is 1. The molecule has 4 aliphatic rings. The number of ether oxygens (including phenoxy) is 2. The Balaban J connectivity index is 1.86. The number of nitrogens with zero attached hydrogens (tertiary/aromatic N) is 1. The summed E-state index contributed by atoms with van der Waals surface area (Å²) in [6.07, 6.45) is -7.14. The summed E-state index contributed by atoms with van der Waals surface area (Å²) in [6.45, 7) is -3.10. The zero-order valence-corrected chi connectivity index (χ0v) is 11.6. The van der Waals surface area contributed by atoms with E-state index in [4.69, 9.17) is 23.2 Å². The molecule has 5 rings (SSSR count). The molecule has 22 heavy (non-hydrogen) atoms. The van der Waals surface area contributed by atoms with E-state index in [1.807, 2.05) is 0 Å². The third-order valence-electron chi connectivity index (χ3n) is 5.37. The van der Waals surface area contributed by atoms with E-state index in [1.165, 1.54) is 12.1 Å². The number of Topliss-reactive ketones (excluding diaryl/α,β-unsaturated/α-hetero) is 1. The van der Waals surface area contributed by atoms with Crippen LogP contribution in [0.1, 0.15) is 45.4 Å². The van der Waals surface area contributed by atoms with Crippen molar-refractivity contribution in [3.05, 3.63) is 23.3 Å². The van der Waals surface area contributed by atoms with Crippen LogP contribution in [0.2, 0.25) is 0 Å². The number of benzene rings is 1. The Kier molecular flexibility index (Phi) is 1.13. The van der Waals surface area contributed by atoms with Gasteiger partial charge < -0.3 is 14.4 Å². The highest BCUT2D eigenvalue weighted by Gasteiger charge is 2.65. The van der Waals surface area contributed by atoms with Gasteiger partial charge in [0, 0.05) is 34.3 Å². The number of piperidine rings is 1. The van der Waals surface area contributed by atoms with Crippen LogP contribution in [-0.2, 0) is 16.6 Å². The minimum Gasteiger partial charge on any atom is -0.493 e. The molecule has 1 saturated carbocycles. The first-order valence-electron chi connectivity index (χ1n) is 12.7. The van der Waals surface area contributed by atoms with Crippen molar-refractivity contribution in [3.63, 3.8) is 0 Å². The van der Waals surface area contributed by atoms with Crippen LogP contribution >= 0.6 is 0 Å². The third kappa shape index (κ3) is 1.27. The van der Waals surface area contributed by atoms with E-state index in [2.05, 4.69) is 0 Å². The molecule has 2 aliphatic carbocycles. The van der Waals surface area contributed by atoms with E-state index in [1.54, 1.807) is 0 Å². The Morgan fingerprint density at radius 3 is 3.41 bits per heavy atom. The van der Waals surface area contributed by atoms with Crippen molar-refractivity contribution >= 4 is 5.78 Å². The van der Waals surface area contributed by atoms with Crippen molar-refractivity contribution in [2.24, 2.45) is 5.92 Å². The standard InChI is InChI=1S/C18H21NO3/c1-19-8-7-18-11-4-5-13(20)17(18)22-16-14(21-2)6-3-10(15(16)18)9-12(11)19/h3,6,11-12,17H,4-5,7-9H2,1-2H3/t11-,12+,17?,18-/m0/s1/i1D3,2D3,5D2,9D2,12D. The average molecular weight is 310 g/mol. The Hall–Kier alpha value is -1.55. The average Bonchev–Trinajstić information content (AvgIpc) is 2.97. The van der Waals surface area contributed by atoms with Crippen LogP contribution in [-0.4, -0.2) is 43.4 Å². The summed E-state index contributed by atoms with van der Waals surface area (Å²) < 4.78 is 101. The van der Waals surface area contributed by atoms with E-state index in [-0.39, 0.29) is 35.6 Å². The van der Waals surface area contributed by atoms with Crippen LogP contribution < -0.4 is 9.47 Å². The van der Waals surface area contributed by atoms with Crippen LogP contribution in [0.4, 0.5) is 0 Å². The van der Waals surface area contributed by atoms with Gasteiger partial charge in [-0.15, -0.1) is 0 Å². The number of carbonyl (C=O) groups is 1. The third-order valence-corrected chi connectivity index (χ3v) is 5.37. The molecule has 2 bridgehead atoms. The van der Waals surface area contributed by atoms with Gasteiger partial charge in [0.15, 0.2) is 23.4 Å². The zero-order valence-electron chi connectivity index (χ0n) is 22.6. The Bertz CT molecular complexity index is 1070. The van der Waals surface area contributed by atoms with Crippen molar-refractivity contribution in [2.45, 2.75) is 43.1 Å². The molecule has 2 fully saturated rings. The van der Waals surface area contributed by atoms with Crippen molar-refractivity contribution in [2.75, 3.05) is 20.6 Å². The smallest absolute Gasteiger partial charge is 0.174 e. The number of methoxy groups -OCH3 is 1. The topological polar surface area (TPSA) is 38.8 Å².